The van der Waals surface area contributed by atoms with Gasteiger partial charge in [-0.05, 0) is 32.0 Å². The van der Waals surface area contributed by atoms with Crippen molar-refractivity contribution < 1.29 is 22.3 Å². The molecule has 0 amide bonds. The van der Waals surface area contributed by atoms with E-state index in [0.717, 1.165) is 12.1 Å². The number of aryl methyl sites for hydroxylation is 2. The fourth-order valence-corrected chi connectivity index (χ4v) is 3.69. The highest BCUT2D eigenvalue weighted by Gasteiger charge is 2.27. The number of benzene rings is 1. The van der Waals surface area contributed by atoms with Crippen molar-refractivity contribution in [2.75, 3.05) is 4.72 Å². The Morgan fingerprint density at radius 1 is 1.33 bits per heavy atom. The first-order valence-electron chi connectivity index (χ1n) is 5.94. The lowest BCUT2D eigenvalue weighted by Gasteiger charge is -2.10. The zero-order chi connectivity index (χ0) is 15.8. The summed E-state index contributed by atoms with van der Waals surface area (Å²) in [5.74, 6) is -0.347. The van der Waals surface area contributed by atoms with Gasteiger partial charge in [0.15, 0.2) is 0 Å². The number of furan rings is 1. The minimum Gasteiger partial charge on any atom is -0.465 e. The first-order valence-corrected chi connectivity index (χ1v) is 7.80. The number of hydrogen-bond acceptors (Lipinski definition) is 4. The van der Waals surface area contributed by atoms with Gasteiger partial charge in [0.1, 0.15) is 22.2 Å². The van der Waals surface area contributed by atoms with Crippen molar-refractivity contribution in [1.29, 1.82) is 0 Å². The molecule has 21 heavy (non-hydrogen) atoms. The van der Waals surface area contributed by atoms with Crippen LogP contribution in [0.3, 0.4) is 0 Å². The molecule has 8 heteroatoms. The van der Waals surface area contributed by atoms with E-state index in [-0.39, 0.29) is 26.9 Å². The van der Waals surface area contributed by atoms with E-state index in [4.69, 9.17) is 16.0 Å². The molecule has 0 unspecified atom stereocenters. The summed E-state index contributed by atoms with van der Waals surface area (Å²) in [5.41, 5.74) is -0.132. The molecule has 0 radical (unpaired) electrons. The molecule has 2 aromatic rings. The first-order chi connectivity index (χ1) is 9.76. The van der Waals surface area contributed by atoms with Crippen LogP contribution >= 0.6 is 11.6 Å². The monoisotopic (exact) mass is 333 g/mol. The summed E-state index contributed by atoms with van der Waals surface area (Å²) in [6.07, 6.45) is 0. The highest BCUT2D eigenvalue weighted by atomic mass is 35.5. The first kappa shape index (κ1) is 15.8. The summed E-state index contributed by atoms with van der Waals surface area (Å²) in [6, 6.07) is 3.52. The molecule has 0 fully saturated rings. The summed E-state index contributed by atoms with van der Waals surface area (Å²) in [4.78, 5) is -0.193. The van der Waals surface area contributed by atoms with Crippen LogP contribution in [0, 0.1) is 19.7 Å². The van der Waals surface area contributed by atoms with Crippen LogP contribution in [0.15, 0.2) is 27.5 Å². The van der Waals surface area contributed by atoms with Crippen LogP contribution in [0.2, 0.25) is 5.02 Å². The molecule has 0 aliphatic carbocycles. The molecule has 0 atom stereocenters. The predicted octanol–water partition coefficient (Wildman–Crippen LogP) is 2.98. The maximum atomic E-state index is 13.6. The van der Waals surface area contributed by atoms with E-state index >= 15 is 0 Å². The number of rotatable bonds is 4. The van der Waals surface area contributed by atoms with Gasteiger partial charge in [-0.1, -0.05) is 11.6 Å². The van der Waals surface area contributed by atoms with Crippen LogP contribution in [0.4, 0.5) is 10.1 Å². The molecule has 0 aliphatic heterocycles. The molecule has 0 aliphatic rings. The van der Waals surface area contributed by atoms with E-state index in [0.29, 0.717) is 5.76 Å². The van der Waals surface area contributed by atoms with Gasteiger partial charge in [-0.2, -0.15) is 0 Å². The molecule has 2 N–H and O–H groups in total. The van der Waals surface area contributed by atoms with Crippen LogP contribution in [0.1, 0.15) is 17.1 Å². The second-order valence-electron chi connectivity index (χ2n) is 4.41. The number of aliphatic hydroxyl groups excluding tert-OH is 1. The summed E-state index contributed by atoms with van der Waals surface area (Å²) >= 11 is 5.73. The lowest BCUT2D eigenvalue weighted by molar-refractivity contribution is 0.276. The Hall–Kier alpha value is -1.57. The van der Waals surface area contributed by atoms with Crippen LogP contribution in [0.25, 0.3) is 0 Å². The minimum absolute atomic E-state index is 0.117. The van der Waals surface area contributed by atoms with E-state index in [1.165, 1.54) is 19.9 Å². The van der Waals surface area contributed by atoms with Gasteiger partial charge in [0.25, 0.3) is 10.0 Å². The van der Waals surface area contributed by atoms with Crippen LogP contribution in [-0.4, -0.2) is 13.5 Å². The summed E-state index contributed by atoms with van der Waals surface area (Å²) < 4.78 is 45.7. The van der Waals surface area contributed by atoms with Crippen LogP contribution < -0.4 is 4.72 Å². The Kier molecular flexibility index (Phi) is 4.27. The summed E-state index contributed by atoms with van der Waals surface area (Å²) in [5, 5.41) is 9.48. The second kappa shape index (κ2) is 5.67. The van der Waals surface area contributed by atoms with Crippen molar-refractivity contribution in [3.8, 4) is 0 Å². The number of nitrogens with one attached hydrogen (secondary N) is 1. The third-order valence-corrected chi connectivity index (χ3v) is 4.72. The molecule has 2 rings (SSSR count). The normalized spacial score (nSPS) is 11.7. The molecular weight excluding hydrogens is 321 g/mol. The molecular formula is C13H13ClFNO4S. The zero-order valence-corrected chi connectivity index (χ0v) is 12.8. The Morgan fingerprint density at radius 2 is 2.00 bits per heavy atom. The molecule has 0 bridgehead atoms. The van der Waals surface area contributed by atoms with Gasteiger partial charge in [0.05, 0.1) is 12.3 Å². The highest BCUT2D eigenvalue weighted by Crippen LogP contribution is 2.29. The second-order valence-corrected chi connectivity index (χ2v) is 6.47. The number of aliphatic hydroxyl groups is 1. The topological polar surface area (TPSA) is 79.5 Å². The quantitative estimate of drug-likeness (QED) is 0.901. The minimum atomic E-state index is -4.11. The third kappa shape index (κ3) is 3.04. The standard InChI is InChI=1S/C13H13ClFNO4S/c1-7-10(6-17)13(8(2)20-7)21(18,19)16-12-5-9(14)3-4-11(12)15/h3-5,16-17H,6H2,1-2H3. The zero-order valence-electron chi connectivity index (χ0n) is 11.3. The van der Waals surface area contributed by atoms with E-state index in [1.807, 2.05) is 0 Å². The molecule has 0 spiro atoms. The molecule has 1 aromatic heterocycles. The Balaban J connectivity index is 2.51. The Labute approximate surface area is 126 Å². The average Bonchev–Trinajstić information content (AvgIpc) is 2.68. The lowest BCUT2D eigenvalue weighted by Crippen LogP contribution is -2.16. The fourth-order valence-electron chi connectivity index (χ4n) is 2.02. The van der Waals surface area contributed by atoms with E-state index in [1.54, 1.807) is 0 Å². The van der Waals surface area contributed by atoms with Gasteiger partial charge in [0.2, 0.25) is 0 Å². The molecule has 0 saturated heterocycles. The highest BCUT2D eigenvalue weighted by molar-refractivity contribution is 7.92. The maximum Gasteiger partial charge on any atom is 0.265 e. The van der Waals surface area contributed by atoms with Gasteiger partial charge in [0, 0.05) is 10.6 Å². The van der Waals surface area contributed by atoms with Crippen LogP contribution in [-0.2, 0) is 16.6 Å². The number of anilines is 1. The Morgan fingerprint density at radius 3 is 2.62 bits per heavy atom. The maximum absolute atomic E-state index is 13.6. The van der Waals surface area contributed by atoms with Crippen molar-refractivity contribution in [2.45, 2.75) is 25.3 Å². The van der Waals surface area contributed by atoms with E-state index in [9.17, 15) is 17.9 Å². The van der Waals surface area contributed by atoms with Gasteiger partial charge in [-0.3, -0.25) is 4.72 Å². The van der Waals surface area contributed by atoms with Crippen molar-refractivity contribution >= 4 is 27.3 Å². The van der Waals surface area contributed by atoms with Crippen molar-refractivity contribution in [2.24, 2.45) is 0 Å². The van der Waals surface area contributed by atoms with Crippen LogP contribution in [0.5, 0.6) is 0 Å². The molecule has 1 heterocycles. The van der Waals surface area contributed by atoms with Crippen molar-refractivity contribution in [3.63, 3.8) is 0 Å². The van der Waals surface area contributed by atoms with Gasteiger partial charge in [-0.15, -0.1) is 0 Å². The van der Waals surface area contributed by atoms with Crippen molar-refractivity contribution in [1.82, 2.24) is 0 Å². The largest absolute Gasteiger partial charge is 0.465 e. The Bertz CT molecular complexity index is 786. The number of hydrogen-bond donors (Lipinski definition) is 2. The molecule has 1 aromatic carbocycles. The van der Waals surface area contributed by atoms with Gasteiger partial charge < -0.3 is 9.52 Å². The molecule has 114 valence electrons. The average molecular weight is 334 g/mol. The number of sulfonamides is 1. The number of halogens is 2. The molecule has 5 nitrogen and oxygen atoms in total. The smallest absolute Gasteiger partial charge is 0.265 e. The fraction of sp³-hybridized carbons (Fsp3) is 0.231. The van der Waals surface area contributed by atoms with E-state index in [2.05, 4.69) is 4.72 Å². The SMILES string of the molecule is Cc1oc(C)c(S(=O)(=O)Nc2cc(Cl)ccc2F)c1CO. The van der Waals surface area contributed by atoms with Gasteiger partial charge >= 0.3 is 0 Å². The lowest BCUT2D eigenvalue weighted by atomic mass is 10.2. The third-order valence-electron chi connectivity index (χ3n) is 2.92. The van der Waals surface area contributed by atoms with Crippen molar-refractivity contribution in [3.05, 3.63) is 46.1 Å². The van der Waals surface area contributed by atoms with Gasteiger partial charge in [-0.25, -0.2) is 12.8 Å². The summed E-state index contributed by atoms with van der Waals surface area (Å²) in [6.45, 7) is 2.49. The van der Waals surface area contributed by atoms with E-state index < -0.39 is 22.4 Å². The molecule has 0 saturated carbocycles. The summed E-state index contributed by atoms with van der Waals surface area (Å²) in [7, 11) is -4.11. The predicted molar refractivity (Wildman–Crippen MR) is 76.3 cm³/mol.